The van der Waals surface area contributed by atoms with Gasteiger partial charge in [0, 0.05) is 84.9 Å². The van der Waals surface area contributed by atoms with E-state index in [4.69, 9.17) is 23.2 Å². The van der Waals surface area contributed by atoms with E-state index in [1.54, 1.807) is 24.3 Å². The molecule has 2 saturated heterocycles. The third kappa shape index (κ3) is 5.45. The first kappa shape index (κ1) is 24.5. The lowest BCUT2D eigenvalue weighted by atomic mass is 10.1. The molecule has 2 aliphatic heterocycles. The van der Waals surface area contributed by atoms with Crippen molar-refractivity contribution in [2.75, 3.05) is 62.2 Å². The molecule has 8 heteroatoms. The average molecular weight is 523 g/mol. The van der Waals surface area contributed by atoms with Crippen molar-refractivity contribution >= 4 is 46.4 Å². The topological polar surface area (TPSA) is 47.1 Å². The predicted molar refractivity (Wildman–Crippen MR) is 146 cm³/mol. The van der Waals surface area contributed by atoms with Crippen molar-refractivity contribution in [3.05, 3.63) is 94.0 Å². The van der Waals surface area contributed by atoms with Crippen molar-refractivity contribution in [3.8, 4) is 0 Å². The lowest BCUT2D eigenvalue weighted by Gasteiger charge is -2.36. The number of benzene rings is 3. The van der Waals surface area contributed by atoms with E-state index in [2.05, 4.69) is 9.80 Å². The Balaban J connectivity index is 1.19. The van der Waals surface area contributed by atoms with Crippen LogP contribution in [0, 0.1) is 0 Å². The number of hydrogen-bond donors (Lipinski definition) is 0. The molecule has 186 valence electrons. The van der Waals surface area contributed by atoms with Crippen LogP contribution in [0.1, 0.15) is 20.7 Å². The number of rotatable bonds is 4. The van der Waals surface area contributed by atoms with Gasteiger partial charge >= 0.3 is 0 Å². The SMILES string of the molecule is O=C(c1cccc(C(=O)N2CCN(c3cccc(Cl)c3)CC2)c1)N1CCN(c2cccc(Cl)c2)CC1. The Morgan fingerprint density at radius 3 is 1.31 bits per heavy atom. The molecule has 0 N–H and O–H groups in total. The summed E-state index contributed by atoms with van der Waals surface area (Å²) in [6.07, 6.45) is 0. The van der Waals surface area contributed by atoms with Crippen LogP contribution in [0.5, 0.6) is 0 Å². The minimum atomic E-state index is -0.0406. The van der Waals surface area contributed by atoms with Crippen LogP contribution in [0.3, 0.4) is 0 Å². The molecule has 5 rings (SSSR count). The zero-order chi connectivity index (χ0) is 25.1. The predicted octanol–water partition coefficient (Wildman–Crippen LogP) is 4.92. The lowest BCUT2D eigenvalue weighted by molar-refractivity contribution is 0.0745. The smallest absolute Gasteiger partial charge is 0.253 e. The number of halogens is 2. The van der Waals surface area contributed by atoms with Crippen molar-refractivity contribution in [3.63, 3.8) is 0 Å². The quantitative estimate of drug-likeness (QED) is 0.487. The standard InChI is InChI=1S/C28H28Cl2N4O2/c29-23-6-2-8-25(19-23)31-10-14-33(15-11-31)27(35)21-4-1-5-22(18-21)28(36)34-16-12-32(13-17-34)26-9-3-7-24(30)20-26/h1-9,18-20H,10-17H2. The van der Waals surface area contributed by atoms with Crippen LogP contribution in [0.4, 0.5) is 11.4 Å². The first-order valence-corrected chi connectivity index (χ1v) is 12.9. The van der Waals surface area contributed by atoms with Crippen molar-refractivity contribution in [2.24, 2.45) is 0 Å². The Hall–Kier alpha value is -3.22. The molecule has 0 unspecified atom stereocenters. The number of hydrogen-bond acceptors (Lipinski definition) is 4. The molecule has 6 nitrogen and oxygen atoms in total. The maximum atomic E-state index is 13.2. The molecule has 2 fully saturated rings. The van der Waals surface area contributed by atoms with Crippen LogP contribution in [-0.2, 0) is 0 Å². The highest BCUT2D eigenvalue weighted by Crippen LogP contribution is 2.23. The van der Waals surface area contributed by atoms with Gasteiger partial charge < -0.3 is 19.6 Å². The summed E-state index contributed by atoms with van der Waals surface area (Å²) in [6.45, 7) is 5.43. The summed E-state index contributed by atoms with van der Waals surface area (Å²) in [6, 6.07) is 22.7. The van der Waals surface area contributed by atoms with E-state index in [0.717, 1.165) is 37.6 Å². The van der Waals surface area contributed by atoms with Crippen molar-refractivity contribution in [2.45, 2.75) is 0 Å². The van der Waals surface area contributed by atoms with E-state index in [1.807, 2.05) is 58.3 Å². The van der Waals surface area contributed by atoms with Crippen molar-refractivity contribution in [1.29, 1.82) is 0 Å². The second-order valence-corrected chi connectivity index (χ2v) is 9.97. The largest absolute Gasteiger partial charge is 0.368 e. The van der Waals surface area contributed by atoms with E-state index < -0.39 is 0 Å². The number of carbonyl (C=O) groups excluding carboxylic acids is 2. The second kappa shape index (κ2) is 10.8. The molecular weight excluding hydrogens is 495 g/mol. The fraction of sp³-hybridized carbons (Fsp3) is 0.286. The molecule has 2 aliphatic rings. The molecule has 0 atom stereocenters. The molecule has 3 aromatic rings. The molecule has 0 radical (unpaired) electrons. The molecular formula is C28H28Cl2N4O2. The van der Waals surface area contributed by atoms with Crippen LogP contribution in [-0.4, -0.2) is 74.0 Å². The summed E-state index contributed by atoms with van der Waals surface area (Å²) in [5, 5.41) is 1.41. The zero-order valence-corrected chi connectivity index (χ0v) is 21.5. The molecule has 0 bridgehead atoms. The van der Waals surface area contributed by atoms with E-state index in [0.29, 0.717) is 47.4 Å². The van der Waals surface area contributed by atoms with Gasteiger partial charge in [-0.25, -0.2) is 0 Å². The summed E-state index contributed by atoms with van der Waals surface area (Å²) < 4.78 is 0. The maximum absolute atomic E-state index is 13.2. The van der Waals surface area contributed by atoms with E-state index in [-0.39, 0.29) is 11.8 Å². The lowest BCUT2D eigenvalue weighted by Crippen LogP contribution is -2.49. The fourth-order valence-electron chi connectivity index (χ4n) is 4.83. The number of piperazine rings is 2. The van der Waals surface area contributed by atoms with Gasteiger partial charge in [-0.05, 0) is 54.6 Å². The van der Waals surface area contributed by atoms with Crippen LogP contribution in [0.15, 0.2) is 72.8 Å². The molecule has 0 spiro atoms. The van der Waals surface area contributed by atoms with Crippen molar-refractivity contribution < 1.29 is 9.59 Å². The van der Waals surface area contributed by atoms with E-state index in [9.17, 15) is 9.59 Å². The normalized spacial score (nSPS) is 16.3. The van der Waals surface area contributed by atoms with E-state index in [1.165, 1.54) is 0 Å². The third-order valence-electron chi connectivity index (χ3n) is 6.84. The van der Waals surface area contributed by atoms with Gasteiger partial charge in [-0.2, -0.15) is 0 Å². The summed E-state index contributed by atoms with van der Waals surface area (Å²) in [5.41, 5.74) is 3.24. The van der Waals surface area contributed by atoms with Gasteiger partial charge in [-0.15, -0.1) is 0 Å². The summed E-state index contributed by atoms with van der Waals surface area (Å²) in [4.78, 5) is 34.6. The highest BCUT2D eigenvalue weighted by atomic mass is 35.5. The highest BCUT2D eigenvalue weighted by Gasteiger charge is 2.25. The minimum absolute atomic E-state index is 0.0406. The highest BCUT2D eigenvalue weighted by molar-refractivity contribution is 6.31. The van der Waals surface area contributed by atoms with Crippen LogP contribution < -0.4 is 9.80 Å². The van der Waals surface area contributed by atoms with E-state index >= 15 is 0 Å². The molecule has 2 heterocycles. The van der Waals surface area contributed by atoms with Gasteiger partial charge in [0.25, 0.3) is 11.8 Å². The van der Waals surface area contributed by atoms with Gasteiger partial charge in [0.2, 0.25) is 0 Å². The molecule has 0 saturated carbocycles. The monoisotopic (exact) mass is 522 g/mol. The Bertz CT molecular complexity index is 1160. The molecule has 3 aromatic carbocycles. The van der Waals surface area contributed by atoms with Crippen LogP contribution in [0.25, 0.3) is 0 Å². The van der Waals surface area contributed by atoms with Crippen molar-refractivity contribution in [1.82, 2.24) is 9.80 Å². The molecule has 36 heavy (non-hydrogen) atoms. The van der Waals surface area contributed by atoms with Gasteiger partial charge in [0.1, 0.15) is 0 Å². The number of anilines is 2. The molecule has 2 amide bonds. The summed E-state index contributed by atoms with van der Waals surface area (Å²) >= 11 is 12.3. The van der Waals surface area contributed by atoms with Gasteiger partial charge in [-0.3, -0.25) is 9.59 Å². The maximum Gasteiger partial charge on any atom is 0.253 e. The van der Waals surface area contributed by atoms with Gasteiger partial charge in [-0.1, -0.05) is 41.4 Å². The van der Waals surface area contributed by atoms with Gasteiger partial charge in [0.05, 0.1) is 0 Å². The first-order chi connectivity index (χ1) is 17.5. The molecule has 0 aliphatic carbocycles. The summed E-state index contributed by atoms with van der Waals surface area (Å²) in [5.74, 6) is -0.0812. The second-order valence-electron chi connectivity index (χ2n) is 9.10. The zero-order valence-electron chi connectivity index (χ0n) is 19.9. The Kier molecular flexibility index (Phi) is 7.35. The number of nitrogens with zero attached hydrogens (tertiary/aromatic N) is 4. The summed E-state index contributed by atoms with van der Waals surface area (Å²) in [7, 11) is 0. The van der Waals surface area contributed by atoms with Crippen LogP contribution in [0.2, 0.25) is 10.0 Å². The number of amides is 2. The first-order valence-electron chi connectivity index (χ1n) is 12.2. The molecule has 0 aromatic heterocycles. The minimum Gasteiger partial charge on any atom is -0.368 e. The number of carbonyl (C=O) groups is 2. The average Bonchev–Trinajstić information content (AvgIpc) is 2.92. The Morgan fingerprint density at radius 2 is 0.917 bits per heavy atom. The van der Waals surface area contributed by atoms with Crippen LogP contribution >= 0.6 is 23.2 Å². The fourth-order valence-corrected chi connectivity index (χ4v) is 5.20. The van der Waals surface area contributed by atoms with Gasteiger partial charge in [0.15, 0.2) is 0 Å². The third-order valence-corrected chi connectivity index (χ3v) is 7.31. The Labute approximate surface area is 221 Å². The Morgan fingerprint density at radius 1 is 0.528 bits per heavy atom.